The molecule has 2 atom stereocenters. The third kappa shape index (κ3) is 3.56. The van der Waals surface area contributed by atoms with E-state index in [9.17, 15) is 14.4 Å². The van der Waals surface area contributed by atoms with E-state index in [4.69, 9.17) is 0 Å². The molecule has 2 saturated heterocycles. The molecule has 2 aliphatic heterocycles. The van der Waals surface area contributed by atoms with Crippen molar-refractivity contribution in [2.75, 3.05) is 20.1 Å². The molecule has 2 aliphatic rings. The molecule has 0 aliphatic carbocycles. The first-order valence-corrected chi connectivity index (χ1v) is 10.0. The van der Waals surface area contributed by atoms with Crippen molar-refractivity contribution >= 4 is 39.6 Å². The number of thioether (sulfide) groups is 1. The van der Waals surface area contributed by atoms with Crippen LogP contribution in [0.4, 0.5) is 4.79 Å². The summed E-state index contributed by atoms with van der Waals surface area (Å²) in [5.74, 6) is -0.138. The molecule has 0 bridgehead atoms. The zero-order chi connectivity index (χ0) is 19.0. The smallest absolute Gasteiger partial charge is 0.288 e. The molecule has 4 rings (SSSR count). The number of carbonyl (C=O) groups excluding carboxylic acids is 3. The van der Waals surface area contributed by atoms with Crippen LogP contribution in [0.1, 0.15) is 30.9 Å². The van der Waals surface area contributed by atoms with E-state index < -0.39 is 5.25 Å². The highest BCUT2D eigenvalue weighted by Crippen LogP contribution is 2.31. The van der Waals surface area contributed by atoms with E-state index in [0.29, 0.717) is 13.1 Å². The Morgan fingerprint density at radius 2 is 2.04 bits per heavy atom. The number of fused-ring (bicyclic) bond motifs is 1. The highest BCUT2D eigenvalue weighted by atomic mass is 32.2. The van der Waals surface area contributed by atoms with E-state index in [-0.39, 0.29) is 29.4 Å². The average Bonchev–Trinajstić information content (AvgIpc) is 2.94. The minimum atomic E-state index is -0.589. The monoisotopic (exact) mass is 383 g/mol. The predicted octanol–water partition coefficient (Wildman–Crippen LogP) is 3.02. The zero-order valence-electron chi connectivity index (χ0n) is 15.1. The third-order valence-corrected chi connectivity index (χ3v) is 6.46. The molecule has 6 nitrogen and oxygen atoms in total. The molecule has 0 radical (unpaired) electrons. The second kappa shape index (κ2) is 7.31. The van der Waals surface area contributed by atoms with Crippen LogP contribution in [0.25, 0.3) is 10.8 Å². The molecule has 7 heteroatoms. The Morgan fingerprint density at radius 1 is 1.26 bits per heavy atom. The van der Waals surface area contributed by atoms with Crippen LogP contribution >= 0.6 is 11.8 Å². The number of aromatic nitrogens is 1. The highest BCUT2D eigenvalue weighted by molar-refractivity contribution is 8.15. The zero-order valence-corrected chi connectivity index (χ0v) is 15.9. The number of carbonyl (C=O) groups is 3. The van der Waals surface area contributed by atoms with Crippen LogP contribution in [0.15, 0.2) is 36.5 Å². The summed E-state index contributed by atoms with van der Waals surface area (Å²) in [4.78, 5) is 43.9. The quantitative estimate of drug-likeness (QED) is 0.815. The molecule has 0 saturated carbocycles. The summed E-state index contributed by atoms with van der Waals surface area (Å²) >= 11 is 0.950. The summed E-state index contributed by atoms with van der Waals surface area (Å²) in [6, 6.07) is 10.2. The molecule has 3 heterocycles. The Kier molecular flexibility index (Phi) is 4.86. The molecular weight excluding hydrogens is 362 g/mol. The van der Waals surface area contributed by atoms with Crippen LogP contribution in [0.3, 0.4) is 0 Å². The number of hydrogen-bond donors (Lipinski definition) is 0. The van der Waals surface area contributed by atoms with E-state index in [1.807, 2.05) is 29.3 Å². The Bertz CT molecular complexity index is 916. The predicted molar refractivity (Wildman–Crippen MR) is 104 cm³/mol. The molecular formula is C20H21N3O3S. The van der Waals surface area contributed by atoms with Crippen LogP contribution in [-0.4, -0.2) is 57.2 Å². The van der Waals surface area contributed by atoms with Gasteiger partial charge in [0.2, 0.25) is 11.8 Å². The highest BCUT2D eigenvalue weighted by Gasteiger charge is 2.39. The van der Waals surface area contributed by atoms with E-state index >= 15 is 0 Å². The first kappa shape index (κ1) is 18.0. The van der Waals surface area contributed by atoms with Crippen molar-refractivity contribution in [3.63, 3.8) is 0 Å². The van der Waals surface area contributed by atoms with Gasteiger partial charge in [0, 0.05) is 49.8 Å². The van der Waals surface area contributed by atoms with Gasteiger partial charge in [0.05, 0.1) is 0 Å². The van der Waals surface area contributed by atoms with Gasteiger partial charge in [0.15, 0.2) is 0 Å². The van der Waals surface area contributed by atoms with Crippen molar-refractivity contribution in [1.82, 2.24) is 14.8 Å². The fraction of sp³-hybridized carbons (Fsp3) is 0.400. The van der Waals surface area contributed by atoms with Gasteiger partial charge in [-0.2, -0.15) is 0 Å². The van der Waals surface area contributed by atoms with Crippen molar-refractivity contribution in [1.29, 1.82) is 0 Å². The number of nitrogens with zero attached hydrogens (tertiary/aromatic N) is 3. The lowest BCUT2D eigenvalue weighted by Gasteiger charge is -2.33. The lowest BCUT2D eigenvalue weighted by atomic mass is 9.93. The molecule has 0 N–H and O–H groups in total. The van der Waals surface area contributed by atoms with E-state index in [1.165, 1.54) is 7.05 Å². The normalized spacial score (nSPS) is 23.3. The molecule has 2 unspecified atom stereocenters. The van der Waals surface area contributed by atoms with Gasteiger partial charge in [-0.3, -0.25) is 24.3 Å². The summed E-state index contributed by atoms with van der Waals surface area (Å²) in [5, 5.41) is 1.39. The molecule has 3 amide bonds. The SMILES string of the molecule is CN1C(=O)SC(CC(=O)N2CCCC(c3cc4ccccc4cn3)C2)C1=O. The summed E-state index contributed by atoms with van der Waals surface area (Å²) in [6.45, 7) is 1.30. The van der Waals surface area contributed by atoms with Crippen LogP contribution in [0, 0.1) is 0 Å². The van der Waals surface area contributed by atoms with Crippen LogP contribution < -0.4 is 0 Å². The van der Waals surface area contributed by atoms with Gasteiger partial charge in [-0.15, -0.1) is 0 Å². The largest absolute Gasteiger partial charge is 0.342 e. The number of amides is 3. The van der Waals surface area contributed by atoms with E-state index in [0.717, 1.165) is 46.0 Å². The van der Waals surface area contributed by atoms with Crippen molar-refractivity contribution in [2.45, 2.75) is 30.4 Å². The number of rotatable bonds is 3. The average molecular weight is 383 g/mol. The number of imide groups is 1. The number of pyridine rings is 1. The standard InChI is InChI=1S/C20H21N3O3S/c1-22-19(25)17(27-20(22)26)10-18(24)23-8-4-7-15(12-23)16-9-13-5-2-3-6-14(13)11-21-16/h2-3,5-6,9,11,15,17H,4,7-8,10,12H2,1H3. The minimum Gasteiger partial charge on any atom is -0.342 e. The molecule has 2 fully saturated rings. The Hall–Kier alpha value is -2.41. The number of likely N-dealkylation sites (tertiary alicyclic amines) is 1. The van der Waals surface area contributed by atoms with Gasteiger partial charge in [-0.05, 0) is 24.3 Å². The van der Waals surface area contributed by atoms with Gasteiger partial charge >= 0.3 is 0 Å². The fourth-order valence-corrected chi connectivity index (χ4v) is 4.72. The van der Waals surface area contributed by atoms with Crippen molar-refractivity contribution < 1.29 is 14.4 Å². The van der Waals surface area contributed by atoms with Crippen molar-refractivity contribution in [3.05, 3.63) is 42.2 Å². The van der Waals surface area contributed by atoms with Gasteiger partial charge in [0.1, 0.15) is 5.25 Å². The van der Waals surface area contributed by atoms with Crippen molar-refractivity contribution in [3.8, 4) is 0 Å². The maximum Gasteiger partial charge on any atom is 0.288 e. The maximum atomic E-state index is 12.7. The fourth-order valence-electron chi connectivity index (χ4n) is 3.74. The summed E-state index contributed by atoms with van der Waals surface area (Å²) in [5.41, 5.74) is 1.01. The molecule has 27 heavy (non-hydrogen) atoms. The summed E-state index contributed by atoms with van der Waals surface area (Å²) in [6.07, 6.45) is 3.88. The van der Waals surface area contributed by atoms with Gasteiger partial charge in [-0.1, -0.05) is 36.0 Å². The number of benzene rings is 1. The molecule has 140 valence electrons. The van der Waals surface area contributed by atoms with Crippen LogP contribution in [0.5, 0.6) is 0 Å². The van der Waals surface area contributed by atoms with E-state index in [2.05, 4.69) is 17.1 Å². The van der Waals surface area contributed by atoms with Gasteiger partial charge in [0.25, 0.3) is 5.24 Å². The summed E-state index contributed by atoms with van der Waals surface area (Å²) < 4.78 is 0. The lowest BCUT2D eigenvalue weighted by molar-refractivity contribution is -0.135. The topological polar surface area (TPSA) is 70.6 Å². The lowest BCUT2D eigenvalue weighted by Crippen LogP contribution is -2.41. The molecule has 1 aromatic heterocycles. The van der Waals surface area contributed by atoms with Crippen LogP contribution in [0.2, 0.25) is 0 Å². The molecule has 2 aromatic rings. The maximum absolute atomic E-state index is 12.7. The third-order valence-electron chi connectivity index (χ3n) is 5.33. The molecule has 1 aromatic carbocycles. The first-order chi connectivity index (χ1) is 13.0. The number of piperidine rings is 1. The second-order valence-electron chi connectivity index (χ2n) is 7.11. The van der Waals surface area contributed by atoms with E-state index in [1.54, 1.807) is 0 Å². The molecule has 0 spiro atoms. The minimum absolute atomic E-state index is 0.0607. The number of hydrogen-bond acceptors (Lipinski definition) is 5. The van der Waals surface area contributed by atoms with Crippen LogP contribution in [-0.2, 0) is 9.59 Å². The van der Waals surface area contributed by atoms with Gasteiger partial charge in [-0.25, -0.2) is 0 Å². The van der Waals surface area contributed by atoms with Crippen molar-refractivity contribution in [2.24, 2.45) is 0 Å². The first-order valence-electron chi connectivity index (χ1n) is 9.13. The second-order valence-corrected chi connectivity index (χ2v) is 8.26. The Morgan fingerprint density at radius 3 is 2.78 bits per heavy atom. The van der Waals surface area contributed by atoms with Gasteiger partial charge < -0.3 is 4.90 Å². The summed E-state index contributed by atoms with van der Waals surface area (Å²) in [7, 11) is 1.46. The Labute approximate surface area is 161 Å². The Balaban J connectivity index is 1.45.